The summed E-state index contributed by atoms with van der Waals surface area (Å²) in [6.07, 6.45) is 5.27. The molecule has 3 nitrogen and oxygen atoms in total. The van der Waals surface area contributed by atoms with Crippen molar-refractivity contribution < 1.29 is 4.74 Å². The van der Waals surface area contributed by atoms with E-state index >= 15 is 0 Å². The number of benzene rings is 2. The average molecular weight is 348 g/mol. The Balaban J connectivity index is 1.56. The van der Waals surface area contributed by atoms with Crippen molar-refractivity contribution in [3.05, 3.63) is 71.8 Å². The molecule has 0 N–H and O–H groups in total. The van der Waals surface area contributed by atoms with Crippen molar-refractivity contribution in [1.82, 2.24) is 4.90 Å². The Bertz CT molecular complexity index is 633. The van der Waals surface area contributed by atoms with Gasteiger partial charge in [0.25, 0.3) is 0 Å². The van der Waals surface area contributed by atoms with E-state index in [4.69, 9.17) is 10.00 Å². The highest BCUT2D eigenvalue weighted by Crippen LogP contribution is 2.29. The number of nitrogens with zero attached hydrogens (tertiary/aromatic N) is 2. The molecule has 0 amide bonds. The monoisotopic (exact) mass is 348 g/mol. The van der Waals surface area contributed by atoms with E-state index in [1.165, 1.54) is 11.1 Å². The fourth-order valence-electron chi connectivity index (χ4n) is 3.61. The van der Waals surface area contributed by atoms with E-state index in [2.05, 4.69) is 71.6 Å². The summed E-state index contributed by atoms with van der Waals surface area (Å²) in [6, 6.07) is 23.3. The van der Waals surface area contributed by atoms with Crippen LogP contribution in [0.5, 0.6) is 0 Å². The molecule has 0 unspecified atom stereocenters. The molecule has 26 heavy (non-hydrogen) atoms. The molecule has 0 spiro atoms. The molecule has 0 bridgehead atoms. The van der Waals surface area contributed by atoms with Gasteiger partial charge in [-0.2, -0.15) is 5.26 Å². The number of likely N-dealkylation sites (tertiary alicyclic amines) is 1. The maximum Gasteiger partial charge on any atom is 0.108 e. The van der Waals surface area contributed by atoms with Gasteiger partial charge in [0.15, 0.2) is 0 Å². The number of ether oxygens (including phenoxy) is 1. The van der Waals surface area contributed by atoms with Gasteiger partial charge in [0.1, 0.15) is 6.10 Å². The van der Waals surface area contributed by atoms with Crippen molar-refractivity contribution in [3.63, 3.8) is 0 Å². The Hall–Kier alpha value is -2.15. The molecule has 136 valence electrons. The number of hydrogen-bond acceptors (Lipinski definition) is 3. The molecule has 0 aliphatic carbocycles. The molecule has 0 aromatic heterocycles. The van der Waals surface area contributed by atoms with Gasteiger partial charge in [-0.15, -0.1) is 0 Å². The van der Waals surface area contributed by atoms with E-state index < -0.39 is 0 Å². The van der Waals surface area contributed by atoms with Crippen LogP contribution in [0.4, 0.5) is 0 Å². The van der Waals surface area contributed by atoms with Crippen LogP contribution in [0, 0.1) is 11.3 Å². The largest absolute Gasteiger partial charge is 0.365 e. The highest BCUT2D eigenvalue weighted by atomic mass is 16.5. The van der Waals surface area contributed by atoms with Crippen LogP contribution in [-0.4, -0.2) is 30.6 Å². The number of nitriles is 1. The van der Waals surface area contributed by atoms with Gasteiger partial charge in [0.2, 0.25) is 0 Å². The minimum absolute atomic E-state index is 0.00424. The van der Waals surface area contributed by atoms with Crippen LogP contribution in [-0.2, 0) is 4.74 Å². The molecular weight excluding hydrogens is 320 g/mol. The summed E-state index contributed by atoms with van der Waals surface area (Å²) in [5.74, 6) is 0. The van der Waals surface area contributed by atoms with Gasteiger partial charge in [-0.3, -0.25) is 0 Å². The second kappa shape index (κ2) is 10.1. The topological polar surface area (TPSA) is 36.3 Å². The van der Waals surface area contributed by atoms with E-state index in [1.807, 2.05) is 0 Å². The first kappa shape index (κ1) is 18.6. The van der Waals surface area contributed by atoms with Crippen LogP contribution < -0.4 is 0 Å². The number of piperidine rings is 1. The summed E-state index contributed by atoms with van der Waals surface area (Å²) in [5, 5.41) is 8.63. The lowest BCUT2D eigenvalue weighted by Gasteiger charge is -2.34. The Kier molecular flexibility index (Phi) is 7.25. The summed E-state index contributed by atoms with van der Waals surface area (Å²) in [4.78, 5) is 2.51. The zero-order valence-corrected chi connectivity index (χ0v) is 15.4. The van der Waals surface area contributed by atoms with Crippen molar-refractivity contribution in [3.8, 4) is 6.07 Å². The van der Waals surface area contributed by atoms with Crippen molar-refractivity contribution in [1.29, 1.82) is 5.26 Å². The quantitative estimate of drug-likeness (QED) is 0.633. The Morgan fingerprint density at radius 3 is 2.04 bits per heavy atom. The summed E-state index contributed by atoms with van der Waals surface area (Å²) in [5.41, 5.74) is 2.44. The van der Waals surface area contributed by atoms with Crippen LogP contribution >= 0.6 is 0 Å². The molecule has 1 heterocycles. The highest BCUT2D eigenvalue weighted by molar-refractivity contribution is 5.30. The minimum atomic E-state index is 0.00424. The zero-order valence-electron chi connectivity index (χ0n) is 15.4. The maximum atomic E-state index is 8.63. The van der Waals surface area contributed by atoms with Crippen molar-refractivity contribution >= 4 is 0 Å². The van der Waals surface area contributed by atoms with Gasteiger partial charge in [0, 0.05) is 19.5 Å². The molecule has 1 fully saturated rings. The summed E-state index contributed by atoms with van der Waals surface area (Å²) < 4.78 is 6.59. The second-order valence-electron chi connectivity index (χ2n) is 6.99. The van der Waals surface area contributed by atoms with Gasteiger partial charge < -0.3 is 9.64 Å². The molecule has 1 saturated heterocycles. The van der Waals surface area contributed by atoms with Crippen molar-refractivity contribution in [2.24, 2.45) is 0 Å². The van der Waals surface area contributed by atoms with Crippen molar-refractivity contribution in [2.75, 3.05) is 19.6 Å². The average Bonchev–Trinajstić information content (AvgIpc) is 2.72. The van der Waals surface area contributed by atoms with E-state index in [9.17, 15) is 0 Å². The Morgan fingerprint density at radius 2 is 1.50 bits per heavy atom. The third-order valence-electron chi connectivity index (χ3n) is 5.08. The third-order valence-corrected chi connectivity index (χ3v) is 5.08. The second-order valence-corrected chi connectivity index (χ2v) is 6.99. The molecule has 2 aromatic carbocycles. The van der Waals surface area contributed by atoms with Gasteiger partial charge in [-0.25, -0.2) is 0 Å². The van der Waals surface area contributed by atoms with Gasteiger partial charge in [0.05, 0.1) is 12.2 Å². The van der Waals surface area contributed by atoms with Gasteiger partial charge >= 0.3 is 0 Å². The summed E-state index contributed by atoms with van der Waals surface area (Å²) in [6.45, 7) is 3.29. The number of unbranched alkanes of at least 4 members (excludes halogenated alkanes) is 2. The predicted octanol–water partition coefficient (Wildman–Crippen LogP) is 4.95. The van der Waals surface area contributed by atoms with Gasteiger partial charge in [-0.1, -0.05) is 60.7 Å². The van der Waals surface area contributed by atoms with E-state index in [1.54, 1.807) is 0 Å². The van der Waals surface area contributed by atoms with Crippen LogP contribution in [0.25, 0.3) is 0 Å². The normalized spacial score (nSPS) is 15.8. The minimum Gasteiger partial charge on any atom is -0.365 e. The van der Waals surface area contributed by atoms with Crippen LogP contribution in [0.1, 0.15) is 49.3 Å². The molecule has 0 saturated carbocycles. The van der Waals surface area contributed by atoms with Crippen molar-refractivity contribution in [2.45, 2.75) is 44.3 Å². The van der Waals surface area contributed by atoms with Crippen LogP contribution in [0.3, 0.4) is 0 Å². The molecule has 1 aliphatic heterocycles. The van der Waals surface area contributed by atoms with Crippen LogP contribution in [0.2, 0.25) is 0 Å². The molecule has 3 heteroatoms. The smallest absolute Gasteiger partial charge is 0.108 e. The molecular formula is C23H28N2O. The van der Waals surface area contributed by atoms with E-state index in [-0.39, 0.29) is 6.10 Å². The van der Waals surface area contributed by atoms with Crippen LogP contribution in [0.15, 0.2) is 60.7 Å². The number of hydrogen-bond donors (Lipinski definition) is 0. The lowest BCUT2D eigenvalue weighted by Crippen LogP contribution is -2.38. The highest BCUT2D eigenvalue weighted by Gasteiger charge is 2.24. The Morgan fingerprint density at radius 1 is 0.923 bits per heavy atom. The first-order chi connectivity index (χ1) is 12.9. The van der Waals surface area contributed by atoms with E-state index in [0.717, 1.165) is 45.3 Å². The molecule has 2 aromatic rings. The third kappa shape index (κ3) is 5.42. The van der Waals surface area contributed by atoms with E-state index in [0.29, 0.717) is 12.5 Å². The fourth-order valence-corrected chi connectivity index (χ4v) is 3.61. The molecule has 0 radical (unpaired) electrons. The fraction of sp³-hybridized carbons (Fsp3) is 0.435. The Labute approximate surface area is 157 Å². The molecule has 0 atom stereocenters. The predicted molar refractivity (Wildman–Crippen MR) is 105 cm³/mol. The standard InChI is InChI=1S/C23H28N2O/c24-16-8-3-9-17-25-18-14-22(15-19-25)26-23(20-10-4-1-5-11-20)21-12-6-2-7-13-21/h1-2,4-7,10-13,22-23H,3,8-9,14-15,17-19H2. The molecule has 3 rings (SSSR count). The zero-order chi connectivity index (χ0) is 18.0. The lowest BCUT2D eigenvalue weighted by atomic mass is 10.00. The summed E-state index contributed by atoms with van der Waals surface area (Å²) in [7, 11) is 0. The first-order valence-corrected chi connectivity index (χ1v) is 9.71. The maximum absolute atomic E-state index is 8.63. The first-order valence-electron chi connectivity index (χ1n) is 9.71. The SMILES string of the molecule is N#CCCCCN1CCC(OC(c2ccccc2)c2ccccc2)CC1. The summed E-state index contributed by atoms with van der Waals surface area (Å²) >= 11 is 0. The van der Waals surface area contributed by atoms with Gasteiger partial charge in [-0.05, 0) is 43.4 Å². The lowest BCUT2D eigenvalue weighted by molar-refractivity contribution is -0.0270. The number of rotatable bonds is 8. The molecule has 1 aliphatic rings.